The van der Waals surface area contributed by atoms with E-state index in [1.165, 1.54) is 34.6 Å². The highest BCUT2D eigenvalue weighted by Gasteiger charge is 2.32. The number of pyridine rings is 1. The zero-order valence-electron chi connectivity index (χ0n) is 17.8. The quantitative estimate of drug-likeness (QED) is 0.350. The highest BCUT2D eigenvalue weighted by molar-refractivity contribution is 7.92. The fourth-order valence-corrected chi connectivity index (χ4v) is 5.67. The van der Waals surface area contributed by atoms with Crippen LogP contribution in [0.3, 0.4) is 0 Å². The minimum Gasteiger partial charge on any atom is -0.266 e. The Hall–Kier alpha value is -3.65. The van der Waals surface area contributed by atoms with E-state index in [1.54, 1.807) is 18.5 Å². The maximum absolute atomic E-state index is 13.4. The molecule has 0 saturated carbocycles. The van der Waals surface area contributed by atoms with E-state index in [9.17, 15) is 21.6 Å². The maximum Gasteiger partial charge on any atom is 0.416 e. The van der Waals surface area contributed by atoms with Crippen molar-refractivity contribution in [3.63, 3.8) is 0 Å². The zero-order chi connectivity index (χ0) is 23.9. The van der Waals surface area contributed by atoms with Crippen LogP contribution >= 0.6 is 0 Å². The van der Waals surface area contributed by atoms with Crippen molar-refractivity contribution in [1.82, 2.24) is 4.98 Å². The predicted octanol–water partition coefficient (Wildman–Crippen LogP) is 6.19. The van der Waals surface area contributed by atoms with E-state index in [1.807, 2.05) is 30.3 Å². The number of halogens is 3. The molecule has 5 rings (SSSR count). The average molecular weight is 481 g/mol. The fourth-order valence-electron chi connectivity index (χ4n) is 4.17. The van der Waals surface area contributed by atoms with Crippen LogP contribution in [0.25, 0.3) is 22.3 Å². The summed E-state index contributed by atoms with van der Waals surface area (Å²) >= 11 is 0. The van der Waals surface area contributed by atoms with Crippen LogP contribution in [-0.4, -0.2) is 19.9 Å². The first-order valence-corrected chi connectivity index (χ1v) is 12.0. The molecule has 0 saturated heterocycles. The van der Waals surface area contributed by atoms with Gasteiger partial charge in [0.1, 0.15) is 0 Å². The molecule has 4 nitrogen and oxygen atoms in total. The van der Waals surface area contributed by atoms with Gasteiger partial charge in [-0.25, -0.2) is 8.42 Å². The van der Waals surface area contributed by atoms with Crippen molar-refractivity contribution in [3.05, 3.63) is 102 Å². The Bertz CT molecular complexity index is 1450. The van der Waals surface area contributed by atoms with Crippen molar-refractivity contribution >= 4 is 15.7 Å². The van der Waals surface area contributed by atoms with E-state index in [-0.39, 0.29) is 4.90 Å². The number of nitrogens with zero attached hydrogens (tertiary/aromatic N) is 2. The number of alkyl halides is 3. The van der Waals surface area contributed by atoms with E-state index in [4.69, 9.17) is 0 Å². The van der Waals surface area contributed by atoms with Gasteiger partial charge in [-0.2, -0.15) is 13.2 Å². The molecule has 0 spiro atoms. The Morgan fingerprint density at radius 2 is 1.41 bits per heavy atom. The molecule has 1 aliphatic heterocycles. The first-order valence-electron chi connectivity index (χ1n) is 10.6. The Morgan fingerprint density at radius 3 is 2.12 bits per heavy atom. The molecule has 0 N–H and O–H groups in total. The third kappa shape index (κ3) is 4.05. The molecular formula is C26H19F3N2O2S. The second-order valence-electron chi connectivity index (χ2n) is 8.01. The predicted molar refractivity (Wildman–Crippen MR) is 125 cm³/mol. The van der Waals surface area contributed by atoms with Gasteiger partial charge in [-0.05, 0) is 82.8 Å². The summed E-state index contributed by atoms with van der Waals surface area (Å²) in [6, 6.07) is 20.4. The van der Waals surface area contributed by atoms with Gasteiger partial charge >= 0.3 is 6.18 Å². The molecule has 172 valence electrons. The monoisotopic (exact) mass is 480 g/mol. The lowest BCUT2D eigenvalue weighted by Crippen LogP contribution is -2.29. The molecular weight excluding hydrogens is 461 g/mol. The van der Waals surface area contributed by atoms with Crippen LogP contribution in [0, 0.1) is 0 Å². The first kappa shape index (κ1) is 22.2. The molecule has 0 amide bonds. The van der Waals surface area contributed by atoms with E-state index < -0.39 is 21.8 Å². The van der Waals surface area contributed by atoms with Crippen molar-refractivity contribution in [2.24, 2.45) is 0 Å². The number of rotatable bonds is 4. The largest absolute Gasteiger partial charge is 0.416 e. The molecule has 0 aliphatic carbocycles. The van der Waals surface area contributed by atoms with Crippen LogP contribution in [0.2, 0.25) is 0 Å². The summed E-state index contributed by atoms with van der Waals surface area (Å²) < 4.78 is 67.2. The van der Waals surface area contributed by atoms with Crippen LogP contribution < -0.4 is 4.31 Å². The lowest BCUT2D eigenvalue weighted by atomic mass is 10.0. The number of benzene rings is 3. The molecule has 0 radical (unpaired) electrons. The second kappa shape index (κ2) is 8.29. The summed E-state index contributed by atoms with van der Waals surface area (Å²) in [6.07, 6.45) is -0.430. The van der Waals surface area contributed by atoms with Gasteiger partial charge in [-0.15, -0.1) is 0 Å². The van der Waals surface area contributed by atoms with Gasteiger partial charge in [0.25, 0.3) is 10.0 Å². The molecule has 0 bridgehead atoms. The van der Waals surface area contributed by atoms with Crippen LogP contribution in [0.15, 0.2) is 96.2 Å². The third-order valence-corrected chi connectivity index (χ3v) is 7.74. The van der Waals surface area contributed by atoms with Gasteiger partial charge < -0.3 is 0 Å². The molecule has 34 heavy (non-hydrogen) atoms. The van der Waals surface area contributed by atoms with Crippen molar-refractivity contribution in [3.8, 4) is 22.3 Å². The van der Waals surface area contributed by atoms with Crippen LogP contribution in [-0.2, 0) is 22.6 Å². The molecule has 8 heteroatoms. The Labute approximate surface area is 195 Å². The van der Waals surface area contributed by atoms with E-state index in [0.717, 1.165) is 28.8 Å². The van der Waals surface area contributed by atoms with Crippen molar-refractivity contribution in [1.29, 1.82) is 0 Å². The Morgan fingerprint density at radius 1 is 0.765 bits per heavy atom. The fraction of sp³-hybridized carbons (Fsp3) is 0.115. The highest BCUT2D eigenvalue weighted by Crippen LogP contribution is 2.37. The summed E-state index contributed by atoms with van der Waals surface area (Å²) in [5.74, 6) is 0. The zero-order valence-corrected chi connectivity index (χ0v) is 18.6. The number of aromatic nitrogens is 1. The van der Waals surface area contributed by atoms with E-state index in [0.29, 0.717) is 29.8 Å². The van der Waals surface area contributed by atoms with Crippen molar-refractivity contribution < 1.29 is 21.6 Å². The lowest BCUT2D eigenvalue weighted by Gasteiger charge is -2.20. The van der Waals surface area contributed by atoms with Gasteiger partial charge in [0.15, 0.2) is 0 Å². The normalized spacial score (nSPS) is 13.7. The summed E-state index contributed by atoms with van der Waals surface area (Å²) in [7, 11) is -3.82. The van der Waals surface area contributed by atoms with Crippen molar-refractivity contribution in [2.45, 2.75) is 17.5 Å². The molecule has 4 aromatic rings. The molecule has 1 aromatic heterocycles. The summed E-state index contributed by atoms with van der Waals surface area (Å²) in [5.41, 5.74) is 3.71. The van der Waals surface area contributed by atoms with Crippen LogP contribution in [0.4, 0.5) is 18.9 Å². The molecule has 2 heterocycles. The SMILES string of the molecule is O=S(=O)(c1ccc(-c2cccc(C(F)(F)F)c2)cc1)N1CCc2cc(-c3ccncc3)ccc21. The molecule has 0 atom stereocenters. The molecule has 0 fully saturated rings. The summed E-state index contributed by atoms with van der Waals surface area (Å²) in [4.78, 5) is 4.12. The van der Waals surface area contributed by atoms with Crippen molar-refractivity contribution in [2.75, 3.05) is 10.8 Å². The third-order valence-electron chi connectivity index (χ3n) is 5.91. The summed E-state index contributed by atoms with van der Waals surface area (Å²) in [6.45, 7) is 0.326. The number of anilines is 1. The lowest BCUT2D eigenvalue weighted by molar-refractivity contribution is -0.137. The van der Waals surface area contributed by atoms with Crippen LogP contribution in [0.1, 0.15) is 11.1 Å². The Kier molecular flexibility index (Phi) is 5.40. The van der Waals surface area contributed by atoms with Crippen LogP contribution in [0.5, 0.6) is 0 Å². The highest BCUT2D eigenvalue weighted by atomic mass is 32.2. The van der Waals surface area contributed by atoms with Gasteiger partial charge in [0.05, 0.1) is 16.1 Å². The van der Waals surface area contributed by atoms with Gasteiger partial charge in [0, 0.05) is 18.9 Å². The van der Waals surface area contributed by atoms with Gasteiger partial charge in [-0.3, -0.25) is 9.29 Å². The smallest absolute Gasteiger partial charge is 0.266 e. The summed E-state index contributed by atoms with van der Waals surface area (Å²) in [5, 5.41) is 0. The number of hydrogen-bond acceptors (Lipinski definition) is 3. The standard InChI is InChI=1S/C26H19F3N2O2S/c27-26(28,29)23-3-1-2-20(17-23)18-4-7-24(8-5-18)34(32,33)31-15-12-22-16-21(6-9-25(22)31)19-10-13-30-14-11-19/h1-11,13-14,16-17H,12,15H2. The second-order valence-corrected chi connectivity index (χ2v) is 9.87. The topological polar surface area (TPSA) is 50.3 Å². The number of fused-ring (bicyclic) bond motifs is 1. The van der Waals surface area contributed by atoms with Gasteiger partial charge in [-0.1, -0.05) is 30.3 Å². The minimum absolute atomic E-state index is 0.0919. The molecule has 0 unspecified atom stereocenters. The van der Waals surface area contributed by atoms with E-state index in [2.05, 4.69) is 4.98 Å². The molecule has 3 aromatic carbocycles. The minimum atomic E-state index is -4.44. The van der Waals surface area contributed by atoms with E-state index >= 15 is 0 Å². The number of hydrogen-bond donors (Lipinski definition) is 0. The average Bonchev–Trinajstić information content (AvgIpc) is 3.28. The Balaban J connectivity index is 1.43. The molecule has 1 aliphatic rings. The van der Waals surface area contributed by atoms with Gasteiger partial charge in [0.2, 0.25) is 0 Å². The maximum atomic E-state index is 13.4. The first-order chi connectivity index (χ1) is 16.2. The number of sulfonamides is 1.